The Morgan fingerprint density at radius 1 is 0.964 bits per heavy atom. The molecule has 2 aromatic carbocycles. The molecule has 0 amide bonds. The largest absolute Gasteiger partial charge is 0.378 e. The van der Waals surface area contributed by atoms with Gasteiger partial charge in [0.15, 0.2) is 5.82 Å². The van der Waals surface area contributed by atoms with Crippen LogP contribution < -0.4 is 4.90 Å². The minimum atomic E-state index is 0.624. The summed E-state index contributed by atoms with van der Waals surface area (Å²) in [6.07, 6.45) is 0.688. The molecule has 1 aromatic heterocycles. The molecular weight excluding hydrogens is 352 g/mol. The molecule has 0 unspecified atom stereocenters. The SMILES string of the molecule is CN(Cc1nc(Cc2ccccc2)no1)Cc1ccccc1N1CCOCC1. The number of morpholine rings is 1. The van der Waals surface area contributed by atoms with E-state index in [4.69, 9.17) is 9.26 Å². The summed E-state index contributed by atoms with van der Waals surface area (Å²) in [7, 11) is 2.08. The highest BCUT2D eigenvalue weighted by atomic mass is 16.5. The van der Waals surface area contributed by atoms with Gasteiger partial charge in [0.1, 0.15) is 0 Å². The average Bonchev–Trinajstić information content (AvgIpc) is 3.16. The van der Waals surface area contributed by atoms with Crippen molar-refractivity contribution < 1.29 is 9.26 Å². The van der Waals surface area contributed by atoms with Gasteiger partial charge in [-0.25, -0.2) is 0 Å². The van der Waals surface area contributed by atoms with E-state index in [0.29, 0.717) is 18.9 Å². The van der Waals surface area contributed by atoms with Gasteiger partial charge in [0, 0.05) is 31.7 Å². The van der Waals surface area contributed by atoms with Crippen LogP contribution in [0.3, 0.4) is 0 Å². The van der Waals surface area contributed by atoms with Crippen LogP contribution in [0, 0.1) is 0 Å². The standard InChI is InChI=1S/C22H26N4O2/c1-25(16-19-9-5-6-10-20(19)26-11-13-27-14-12-26)17-22-23-21(24-28-22)15-18-7-3-2-4-8-18/h2-10H,11-17H2,1H3. The zero-order valence-corrected chi connectivity index (χ0v) is 16.3. The van der Waals surface area contributed by atoms with Crippen molar-refractivity contribution >= 4 is 5.69 Å². The van der Waals surface area contributed by atoms with Gasteiger partial charge in [-0.1, -0.05) is 53.7 Å². The number of anilines is 1. The minimum absolute atomic E-state index is 0.624. The number of nitrogens with zero attached hydrogens (tertiary/aromatic N) is 4. The average molecular weight is 378 g/mol. The molecule has 2 heterocycles. The van der Waals surface area contributed by atoms with Gasteiger partial charge in [0.25, 0.3) is 0 Å². The Hall–Kier alpha value is -2.70. The van der Waals surface area contributed by atoms with Crippen molar-refractivity contribution in [1.82, 2.24) is 15.0 Å². The molecule has 28 heavy (non-hydrogen) atoms. The lowest BCUT2D eigenvalue weighted by Gasteiger charge is -2.31. The molecule has 1 aliphatic heterocycles. The second kappa shape index (κ2) is 8.99. The van der Waals surface area contributed by atoms with Crippen LogP contribution >= 0.6 is 0 Å². The summed E-state index contributed by atoms with van der Waals surface area (Å²) in [6.45, 7) is 4.90. The summed E-state index contributed by atoms with van der Waals surface area (Å²) < 4.78 is 10.9. The first-order valence-electron chi connectivity index (χ1n) is 9.72. The fraction of sp³-hybridized carbons (Fsp3) is 0.364. The number of hydrogen-bond acceptors (Lipinski definition) is 6. The van der Waals surface area contributed by atoms with Crippen LogP contribution in [0.15, 0.2) is 59.1 Å². The number of aromatic nitrogens is 2. The van der Waals surface area contributed by atoms with Gasteiger partial charge in [-0.3, -0.25) is 4.90 Å². The van der Waals surface area contributed by atoms with E-state index >= 15 is 0 Å². The predicted octanol–water partition coefficient (Wildman–Crippen LogP) is 3.13. The number of hydrogen-bond donors (Lipinski definition) is 0. The Bertz CT molecular complexity index is 875. The van der Waals surface area contributed by atoms with E-state index in [1.807, 2.05) is 18.2 Å². The molecule has 0 bridgehead atoms. The first-order chi connectivity index (χ1) is 13.8. The van der Waals surface area contributed by atoms with Crippen LogP contribution in [0.4, 0.5) is 5.69 Å². The Labute approximate surface area is 165 Å². The van der Waals surface area contributed by atoms with Crippen LogP contribution in [0.25, 0.3) is 0 Å². The Kier molecular flexibility index (Phi) is 5.99. The van der Waals surface area contributed by atoms with Crippen molar-refractivity contribution in [3.63, 3.8) is 0 Å². The van der Waals surface area contributed by atoms with E-state index in [9.17, 15) is 0 Å². The van der Waals surface area contributed by atoms with E-state index in [-0.39, 0.29) is 0 Å². The zero-order valence-electron chi connectivity index (χ0n) is 16.3. The maximum absolute atomic E-state index is 5.49. The van der Waals surface area contributed by atoms with E-state index in [1.54, 1.807) is 0 Å². The maximum Gasteiger partial charge on any atom is 0.240 e. The Balaban J connectivity index is 1.38. The second-order valence-electron chi connectivity index (χ2n) is 7.17. The number of rotatable bonds is 7. The molecule has 4 rings (SSSR count). The lowest BCUT2D eigenvalue weighted by atomic mass is 10.1. The molecule has 146 valence electrons. The molecule has 1 aliphatic rings. The molecule has 6 heteroatoms. The zero-order chi connectivity index (χ0) is 19.2. The van der Waals surface area contributed by atoms with Crippen LogP contribution in [0.1, 0.15) is 22.8 Å². The van der Waals surface area contributed by atoms with Gasteiger partial charge in [0.2, 0.25) is 5.89 Å². The third-order valence-corrected chi connectivity index (χ3v) is 4.90. The Morgan fingerprint density at radius 2 is 1.71 bits per heavy atom. The van der Waals surface area contributed by atoms with Crippen molar-refractivity contribution in [1.29, 1.82) is 0 Å². The highest BCUT2D eigenvalue weighted by molar-refractivity contribution is 5.53. The molecule has 3 aromatic rings. The molecule has 0 radical (unpaired) electrons. The van der Waals surface area contributed by atoms with Crippen molar-refractivity contribution in [2.45, 2.75) is 19.5 Å². The quantitative estimate of drug-likeness (QED) is 0.630. The van der Waals surface area contributed by atoms with E-state index in [2.05, 4.69) is 63.4 Å². The van der Waals surface area contributed by atoms with Gasteiger partial charge >= 0.3 is 0 Å². The third kappa shape index (κ3) is 4.77. The highest BCUT2D eigenvalue weighted by Crippen LogP contribution is 2.23. The monoisotopic (exact) mass is 378 g/mol. The Morgan fingerprint density at radius 3 is 2.54 bits per heavy atom. The summed E-state index contributed by atoms with van der Waals surface area (Å²) in [4.78, 5) is 9.16. The van der Waals surface area contributed by atoms with Gasteiger partial charge in [0.05, 0.1) is 19.8 Å². The third-order valence-electron chi connectivity index (χ3n) is 4.90. The van der Waals surface area contributed by atoms with Crippen molar-refractivity contribution in [2.24, 2.45) is 0 Å². The molecule has 0 aliphatic carbocycles. The summed E-state index contributed by atoms with van der Waals surface area (Å²) in [5.41, 5.74) is 3.77. The first kappa shape index (κ1) is 18.7. The van der Waals surface area contributed by atoms with Gasteiger partial charge in [-0.15, -0.1) is 0 Å². The topological polar surface area (TPSA) is 54.6 Å². The van der Waals surface area contributed by atoms with Crippen LogP contribution in [0.5, 0.6) is 0 Å². The molecule has 0 N–H and O–H groups in total. The van der Waals surface area contributed by atoms with E-state index < -0.39 is 0 Å². The molecule has 0 atom stereocenters. The first-order valence-corrected chi connectivity index (χ1v) is 9.72. The van der Waals surface area contributed by atoms with Crippen LogP contribution in [-0.2, 0) is 24.2 Å². The summed E-state index contributed by atoms with van der Waals surface area (Å²) in [5, 5.41) is 4.13. The molecule has 1 saturated heterocycles. The van der Waals surface area contributed by atoms with E-state index in [1.165, 1.54) is 16.8 Å². The molecule has 0 spiro atoms. The fourth-order valence-electron chi connectivity index (χ4n) is 3.54. The molecular formula is C22H26N4O2. The number of para-hydroxylation sites is 1. The van der Waals surface area contributed by atoms with Gasteiger partial charge in [-0.2, -0.15) is 4.98 Å². The lowest BCUT2D eigenvalue weighted by molar-refractivity contribution is 0.122. The smallest absolute Gasteiger partial charge is 0.240 e. The normalized spacial score (nSPS) is 14.6. The molecule has 0 saturated carbocycles. The number of benzene rings is 2. The van der Waals surface area contributed by atoms with Crippen LogP contribution in [0.2, 0.25) is 0 Å². The minimum Gasteiger partial charge on any atom is -0.378 e. The highest BCUT2D eigenvalue weighted by Gasteiger charge is 2.16. The summed E-state index contributed by atoms with van der Waals surface area (Å²) in [6, 6.07) is 18.8. The number of ether oxygens (including phenoxy) is 1. The van der Waals surface area contributed by atoms with Crippen molar-refractivity contribution in [3.05, 3.63) is 77.4 Å². The van der Waals surface area contributed by atoms with E-state index in [0.717, 1.165) is 38.7 Å². The summed E-state index contributed by atoms with van der Waals surface area (Å²) >= 11 is 0. The van der Waals surface area contributed by atoms with Crippen molar-refractivity contribution in [2.75, 3.05) is 38.3 Å². The predicted molar refractivity (Wildman–Crippen MR) is 108 cm³/mol. The van der Waals surface area contributed by atoms with Crippen LogP contribution in [-0.4, -0.2) is 48.4 Å². The summed E-state index contributed by atoms with van der Waals surface area (Å²) in [5.74, 6) is 1.38. The lowest BCUT2D eigenvalue weighted by Crippen LogP contribution is -2.37. The molecule has 1 fully saturated rings. The second-order valence-corrected chi connectivity index (χ2v) is 7.17. The van der Waals surface area contributed by atoms with Crippen molar-refractivity contribution in [3.8, 4) is 0 Å². The maximum atomic E-state index is 5.49. The fourth-order valence-corrected chi connectivity index (χ4v) is 3.54. The van der Waals surface area contributed by atoms with Gasteiger partial charge in [-0.05, 0) is 24.2 Å². The molecule has 6 nitrogen and oxygen atoms in total. The van der Waals surface area contributed by atoms with Gasteiger partial charge < -0.3 is 14.2 Å².